The van der Waals surface area contributed by atoms with Gasteiger partial charge in [0.05, 0.1) is 24.2 Å². The number of aromatic nitrogens is 2. The highest BCUT2D eigenvalue weighted by Crippen LogP contribution is 2.29. The standard InChI is InChI=1S/C27H24F2N4O2/c1-35-26-9-5-4-8-24(26)31-14-16-32(17-15-31)27(34)25-18-23(21-6-2-3-7-22(21)29)30-33(25)20-12-10-19(28)11-13-20/h2-13,18H,14-17H2,1H3. The molecule has 1 amide bonds. The predicted octanol–water partition coefficient (Wildman–Crippen LogP) is 4.79. The lowest BCUT2D eigenvalue weighted by Crippen LogP contribution is -2.49. The van der Waals surface area contributed by atoms with Crippen LogP contribution in [0.1, 0.15) is 10.5 Å². The average Bonchev–Trinajstić information content (AvgIpc) is 3.34. The van der Waals surface area contributed by atoms with Gasteiger partial charge in [0, 0.05) is 31.7 Å². The number of benzene rings is 3. The van der Waals surface area contributed by atoms with Crippen LogP contribution in [0.4, 0.5) is 14.5 Å². The lowest BCUT2D eigenvalue weighted by molar-refractivity contribution is 0.0737. The number of nitrogens with zero attached hydrogens (tertiary/aromatic N) is 4. The van der Waals surface area contributed by atoms with Gasteiger partial charge in [-0.1, -0.05) is 24.3 Å². The van der Waals surface area contributed by atoms with E-state index < -0.39 is 11.6 Å². The van der Waals surface area contributed by atoms with Crippen LogP contribution in [-0.4, -0.2) is 53.9 Å². The Bertz CT molecular complexity index is 1350. The molecule has 1 aliphatic heterocycles. The third kappa shape index (κ3) is 4.47. The minimum absolute atomic E-state index is 0.218. The third-order valence-electron chi connectivity index (χ3n) is 6.14. The number of amides is 1. The highest BCUT2D eigenvalue weighted by molar-refractivity contribution is 5.94. The summed E-state index contributed by atoms with van der Waals surface area (Å²) in [5, 5.41) is 4.52. The molecule has 0 spiro atoms. The van der Waals surface area contributed by atoms with E-state index in [4.69, 9.17) is 4.74 Å². The van der Waals surface area contributed by atoms with E-state index in [1.165, 1.54) is 22.9 Å². The highest BCUT2D eigenvalue weighted by Gasteiger charge is 2.27. The Kier molecular flexibility index (Phi) is 6.18. The van der Waals surface area contributed by atoms with E-state index in [9.17, 15) is 13.6 Å². The largest absolute Gasteiger partial charge is 0.495 e. The summed E-state index contributed by atoms with van der Waals surface area (Å²) >= 11 is 0. The number of carbonyl (C=O) groups excluding carboxylic acids is 1. The summed E-state index contributed by atoms with van der Waals surface area (Å²) in [5.74, 6) is -0.253. The normalized spacial score (nSPS) is 13.7. The monoisotopic (exact) mass is 474 g/mol. The SMILES string of the molecule is COc1ccccc1N1CCN(C(=O)c2cc(-c3ccccc3F)nn2-c2ccc(F)cc2)CC1. The summed E-state index contributed by atoms with van der Waals surface area (Å²) in [6.45, 7) is 2.27. The molecule has 8 heteroatoms. The van der Waals surface area contributed by atoms with Crippen LogP contribution >= 0.6 is 0 Å². The van der Waals surface area contributed by atoms with Gasteiger partial charge in [0.15, 0.2) is 0 Å². The van der Waals surface area contributed by atoms with Crippen molar-refractivity contribution in [2.45, 2.75) is 0 Å². The zero-order valence-electron chi connectivity index (χ0n) is 19.2. The molecule has 0 bridgehead atoms. The van der Waals surface area contributed by atoms with Crippen LogP contribution in [0, 0.1) is 11.6 Å². The molecule has 35 heavy (non-hydrogen) atoms. The first-order valence-corrected chi connectivity index (χ1v) is 11.3. The number of para-hydroxylation sites is 2. The molecule has 1 saturated heterocycles. The van der Waals surface area contributed by atoms with Crippen molar-refractivity contribution in [3.05, 3.63) is 96.2 Å². The van der Waals surface area contributed by atoms with Crippen LogP contribution in [0.3, 0.4) is 0 Å². The van der Waals surface area contributed by atoms with E-state index in [-0.39, 0.29) is 5.91 Å². The van der Waals surface area contributed by atoms with Gasteiger partial charge >= 0.3 is 0 Å². The number of halogens is 2. The molecule has 0 aliphatic carbocycles. The molecule has 0 N–H and O–H groups in total. The van der Waals surface area contributed by atoms with E-state index in [0.29, 0.717) is 48.8 Å². The van der Waals surface area contributed by atoms with Crippen LogP contribution in [0.5, 0.6) is 5.75 Å². The zero-order chi connectivity index (χ0) is 24.4. The number of rotatable bonds is 5. The summed E-state index contributed by atoms with van der Waals surface area (Å²) in [4.78, 5) is 17.6. The fourth-order valence-corrected chi connectivity index (χ4v) is 4.32. The van der Waals surface area contributed by atoms with Crippen LogP contribution in [-0.2, 0) is 0 Å². The Morgan fingerprint density at radius 3 is 2.29 bits per heavy atom. The molecule has 5 rings (SSSR count). The number of ether oxygens (including phenoxy) is 1. The number of hydrogen-bond donors (Lipinski definition) is 0. The quantitative estimate of drug-likeness (QED) is 0.418. The molecule has 1 aliphatic rings. The fourth-order valence-electron chi connectivity index (χ4n) is 4.32. The van der Waals surface area contributed by atoms with Gasteiger partial charge < -0.3 is 14.5 Å². The first-order chi connectivity index (χ1) is 17.0. The summed E-state index contributed by atoms with van der Waals surface area (Å²) in [5.41, 5.74) is 2.43. The van der Waals surface area contributed by atoms with Gasteiger partial charge in [-0.2, -0.15) is 5.10 Å². The van der Waals surface area contributed by atoms with Crippen LogP contribution in [0.2, 0.25) is 0 Å². The second kappa shape index (κ2) is 9.58. The van der Waals surface area contributed by atoms with Gasteiger partial charge in [0.1, 0.15) is 23.1 Å². The second-order valence-electron chi connectivity index (χ2n) is 8.23. The maximum absolute atomic E-state index is 14.5. The van der Waals surface area contributed by atoms with E-state index >= 15 is 0 Å². The van der Waals surface area contributed by atoms with Crippen molar-refractivity contribution in [2.75, 3.05) is 38.2 Å². The van der Waals surface area contributed by atoms with Crippen molar-refractivity contribution in [1.29, 1.82) is 0 Å². The van der Waals surface area contributed by atoms with Gasteiger partial charge in [-0.15, -0.1) is 0 Å². The van der Waals surface area contributed by atoms with E-state index in [2.05, 4.69) is 10.00 Å². The van der Waals surface area contributed by atoms with Crippen molar-refractivity contribution in [3.8, 4) is 22.7 Å². The third-order valence-corrected chi connectivity index (χ3v) is 6.14. The Hall–Kier alpha value is -4.20. The van der Waals surface area contributed by atoms with Gasteiger partial charge in [-0.05, 0) is 54.6 Å². The Labute approximate surface area is 202 Å². The first kappa shape index (κ1) is 22.6. The second-order valence-corrected chi connectivity index (χ2v) is 8.23. The Balaban J connectivity index is 1.44. The molecule has 4 aromatic rings. The van der Waals surface area contributed by atoms with Crippen molar-refractivity contribution in [2.24, 2.45) is 0 Å². The Morgan fingerprint density at radius 1 is 0.886 bits per heavy atom. The van der Waals surface area contributed by atoms with Crippen LogP contribution in [0.15, 0.2) is 78.9 Å². The van der Waals surface area contributed by atoms with Gasteiger partial charge in [-0.3, -0.25) is 4.79 Å². The molecule has 0 saturated carbocycles. The summed E-state index contributed by atoms with van der Waals surface area (Å²) in [6.07, 6.45) is 0. The average molecular weight is 475 g/mol. The van der Waals surface area contributed by atoms with E-state index in [1.807, 2.05) is 24.3 Å². The first-order valence-electron chi connectivity index (χ1n) is 11.3. The lowest BCUT2D eigenvalue weighted by Gasteiger charge is -2.36. The molecule has 2 heterocycles. The molecule has 178 valence electrons. The maximum Gasteiger partial charge on any atom is 0.272 e. The lowest BCUT2D eigenvalue weighted by atomic mass is 10.1. The molecule has 3 aromatic carbocycles. The molecule has 6 nitrogen and oxygen atoms in total. The van der Waals surface area contributed by atoms with Crippen molar-refractivity contribution >= 4 is 11.6 Å². The van der Waals surface area contributed by atoms with E-state index in [0.717, 1.165) is 11.4 Å². The topological polar surface area (TPSA) is 50.6 Å². The summed E-state index contributed by atoms with van der Waals surface area (Å²) < 4.78 is 35.0. The highest BCUT2D eigenvalue weighted by atomic mass is 19.1. The van der Waals surface area contributed by atoms with Crippen molar-refractivity contribution in [3.63, 3.8) is 0 Å². The fraction of sp³-hybridized carbons (Fsp3) is 0.185. The maximum atomic E-state index is 14.5. The van der Waals surface area contributed by atoms with Gasteiger partial charge in [-0.25, -0.2) is 13.5 Å². The van der Waals surface area contributed by atoms with Gasteiger partial charge in [0.25, 0.3) is 5.91 Å². The summed E-state index contributed by atoms with van der Waals surface area (Å²) in [7, 11) is 1.64. The molecule has 0 radical (unpaired) electrons. The minimum Gasteiger partial charge on any atom is -0.495 e. The number of hydrogen-bond acceptors (Lipinski definition) is 4. The number of methoxy groups -OCH3 is 1. The molecular weight excluding hydrogens is 450 g/mol. The molecule has 1 aromatic heterocycles. The number of anilines is 1. The van der Waals surface area contributed by atoms with Crippen LogP contribution in [0.25, 0.3) is 16.9 Å². The zero-order valence-corrected chi connectivity index (χ0v) is 19.2. The van der Waals surface area contributed by atoms with E-state index in [1.54, 1.807) is 48.4 Å². The number of carbonyl (C=O) groups is 1. The summed E-state index contributed by atoms with van der Waals surface area (Å²) in [6, 6.07) is 21.4. The number of piperazine rings is 1. The Morgan fingerprint density at radius 2 is 1.57 bits per heavy atom. The van der Waals surface area contributed by atoms with Crippen LogP contribution < -0.4 is 9.64 Å². The van der Waals surface area contributed by atoms with Crippen molar-refractivity contribution in [1.82, 2.24) is 14.7 Å². The molecule has 0 atom stereocenters. The van der Waals surface area contributed by atoms with Crippen molar-refractivity contribution < 1.29 is 18.3 Å². The molecular formula is C27H24F2N4O2. The minimum atomic E-state index is -0.430. The predicted molar refractivity (Wildman–Crippen MR) is 130 cm³/mol. The smallest absolute Gasteiger partial charge is 0.272 e. The molecule has 0 unspecified atom stereocenters. The van der Waals surface area contributed by atoms with Gasteiger partial charge in [0.2, 0.25) is 0 Å². The molecule has 1 fully saturated rings.